The van der Waals surface area contributed by atoms with Crippen LogP contribution in [0.5, 0.6) is 0 Å². The van der Waals surface area contributed by atoms with Crippen LogP contribution in [0.25, 0.3) is 11.4 Å². The van der Waals surface area contributed by atoms with Crippen molar-refractivity contribution in [1.29, 1.82) is 0 Å². The van der Waals surface area contributed by atoms with E-state index >= 15 is 0 Å². The number of hydrogen-bond acceptors (Lipinski definition) is 4. The maximum atomic E-state index is 13.5. The average molecular weight is 339 g/mol. The van der Waals surface area contributed by atoms with Crippen LogP contribution in [0.15, 0.2) is 51.9 Å². The summed E-state index contributed by atoms with van der Waals surface area (Å²) in [5.74, 6) is -0.124. The highest BCUT2D eigenvalue weighted by molar-refractivity contribution is 7.98. The maximum Gasteiger partial charge on any atom is 0.237 e. The smallest absolute Gasteiger partial charge is 0.237 e. The highest BCUT2D eigenvalue weighted by Gasteiger charge is 2.11. The first-order valence-corrected chi connectivity index (χ1v) is 7.64. The lowest BCUT2D eigenvalue weighted by atomic mass is 10.2. The Bertz CT molecular complexity index is 792. The lowest BCUT2D eigenvalue weighted by Gasteiger charge is -2.00. The Hall–Kier alpha value is -1.92. The van der Waals surface area contributed by atoms with Crippen LogP contribution in [0, 0.1) is 11.6 Å². The predicted octanol–water partition coefficient (Wildman–Crippen LogP) is 4.96. The van der Waals surface area contributed by atoms with Crippen LogP contribution in [0.4, 0.5) is 8.78 Å². The molecule has 7 heteroatoms. The summed E-state index contributed by atoms with van der Waals surface area (Å²) in [5.41, 5.74) is 0.775. The van der Waals surface area contributed by atoms with Gasteiger partial charge in [-0.15, -0.1) is 11.8 Å². The van der Waals surface area contributed by atoms with E-state index < -0.39 is 11.6 Å². The molecule has 1 heterocycles. The Labute approximate surface area is 134 Å². The third-order valence-corrected chi connectivity index (χ3v) is 4.10. The molecule has 3 aromatic rings. The van der Waals surface area contributed by atoms with Crippen molar-refractivity contribution < 1.29 is 13.3 Å². The number of aromatic nitrogens is 2. The minimum absolute atomic E-state index is 0.295. The van der Waals surface area contributed by atoms with Gasteiger partial charge < -0.3 is 4.52 Å². The summed E-state index contributed by atoms with van der Waals surface area (Å²) in [6.07, 6.45) is 0. The van der Waals surface area contributed by atoms with Gasteiger partial charge in [0.1, 0.15) is 11.6 Å². The van der Waals surface area contributed by atoms with Gasteiger partial charge in [0, 0.05) is 21.5 Å². The summed E-state index contributed by atoms with van der Waals surface area (Å²) in [7, 11) is 0. The first-order valence-electron chi connectivity index (χ1n) is 6.28. The average Bonchev–Trinajstić information content (AvgIpc) is 2.96. The molecule has 0 saturated heterocycles. The Morgan fingerprint density at radius 3 is 2.59 bits per heavy atom. The minimum atomic E-state index is -0.609. The van der Waals surface area contributed by atoms with Crippen LogP contribution in [0.1, 0.15) is 5.89 Å². The molecule has 0 aliphatic heterocycles. The lowest BCUT2D eigenvalue weighted by molar-refractivity contribution is 0.391. The molecule has 22 heavy (non-hydrogen) atoms. The van der Waals surface area contributed by atoms with Gasteiger partial charge in [-0.1, -0.05) is 16.8 Å². The van der Waals surface area contributed by atoms with Gasteiger partial charge in [-0.25, -0.2) is 8.78 Å². The quantitative estimate of drug-likeness (QED) is 0.630. The van der Waals surface area contributed by atoms with Crippen LogP contribution in [0.3, 0.4) is 0 Å². The van der Waals surface area contributed by atoms with Crippen LogP contribution in [-0.2, 0) is 5.75 Å². The molecule has 0 spiro atoms. The zero-order valence-electron chi connectivity index (χ0n) is 11.1. The van der Waals surface area contributed by atoms with Crippen molar-refractivity contribution in [3.8, 4) is 11.4 Å². The molecular weight excluding hydrogens is 330 g/mol. The molecule has 0 radical (unpaired) electrons. The van der Waals surface area contributed by atoms with Crippen LogP contribution >= 0.6 is 23.4 Å². The van der Waals surface area contributed by atoms with E-state index in [4.69, 9.17) is 16.1 Å². The summed E-state index contributed by atoms with van der Waals surface area (Å²) in [4.78, 5) is 4.56. The molecule has 0 aliphatic carbocycles. The van der Waals surface area contributed by atoms with Crippen molar-refractivity contribution in [2.45, 2.75) is 10.6 Å². The molecule has 1 aromatic heterocycles. The van der Waals surface area contributed by atoms with Crippen molar-refractivity contribution in [3.05, 3.63) is 65.0 Å². The summed E-state index contributed by atoms with van der Waals surface area (Å²) in [6.45, 7) is 0. The van der Waals surface area contributed by atoms with Gasteiger partial charge in [-0.2, -0.15) is 4.98 Å². The molecule has 3 nitrogen and oxygen atoms in total. The minimum Gasteiger partial charge on any atom is -0.338 e. The first-order chi connectivity index (χ1) is 10.6. The van der Waals surface area contributed by atoms with Gasteiger partial charge in [-0.3, -0.25) is 0 Å². The van der Waals surface area contributed by atoms with Crippen LogP contribution in [-0.4, -0.2) is 10.1 Å². The van der Waals surface area contributed by atoms with E-state index in [0.29, 0.717) is 27.4 Å². The van der Waals surface area contributed by atoms with Gasteiger partial charge >= 0.3 is 0 Å². The summed E-state index contributed by atoms with van der Waals surface area (Å²) in [6, 6.07) is 10.5. The molecule has 0 unspecified atom stereocenters. The number of rotatable bonds is 4. The largest absolute Gasteiger partial charge is 0.338 e. The predicted molar refractivity (Wildman–Crippen MR) is 80.7 cm³/mol. The third kappa shape index (κ3) is 3.45. The molecule has 3 rings (SSSR count). The molecule has 0 atom stereocenters. The summed E-state index contributed by atoms with van der Waals surface area (Å²) < 4.78 is 31.5. The zero-order valence-corrected chi connectivity index (χ0v) is 12.7. The second kappa shape index (κ2) is 6.46. The number of halogens is 3. The van der Waals surface area contributed by atoms with E-state index in [1.165, 1.54) is 12.1 Å². The van der Waals surface area contributed by atoms with E-state index in [2.05, 4.69) is 10.1 Å². The van der Waals surface area contributed by atoms with Crippen molar-refractivity contribution >= 4 is 23.4 Å². The molecule has 0 amide bonds. The maximum absolute atomic E-state index is 13.5. The Kier molecular flexibility index (Phi) is 4.40. The molecule has 0 saturated carbocycles. The second-order valence-corrected chi connectivity index (χ2v) is 5.84. The lowest BCUT2D eigenvalue weighted by Crippen LogP contribution is -1.86. The van der Waals surface area contributed by atoms with Gasteiger partial charge in [0.25, 0.3) is 0 Å². The Balaban J connectivity index is 1.70. The van der Waals surface area contributed by atoms with E-state index in [1.807, 2.05) is 0 Å². The van der Waals surface area contributed by atoms with E-state index in [0.717, 1.165) is 23.4 Å². The molecule has 0 fully saturated rings. The fourth-order valence-electron chi connectivity index (χ4n) is 1.76. The highest BCUT2D eigenvalue weighted by atomic mass is 35.5. The van der Waals surface area contributed by atoms with Gasteiger partial charge in [0.2, 0.25) is 11.7 Å². The molecule has 112 valence electrons. The first kappa shape index (κ1) is 15.0. The molecular formula is C15H9ClF2N2OS. The van der Waals surface area contributed by atoms with Gasteiger partial charge in [0.05, 0.1) is 5.75 Å². The monoisotopic (exact) mass is 338 g/mol. The van der Waals surface area contributed by atoms with E-state index in [1.54, 1.807) is 24.3 Å². The molecule has 0 bridgehead atoms. The fourth-order valence-corrected chi connectivity index (χ4v) is 2.64. The van der Waals surface area contributed by atoms with E-state index in [-0.39, 0.29) is 0 Å². The molecule has 0 aliphatic rings. The highest BCUT2D eigenvalue weighted by Crippen LogP contribution is 2.26. The Morgan fingerprint density at radius 1 is 1.09 bits per heavy atom. The summed E-state index contributed by atoms with van der Waals surface area (Å²) in [5, 5.41) is 4.49. The van der Waals surface area contributed by atoms with Crippen molar-refractivity contribution in [2.75, 3.05) is 0 Å². The van der Waals surface area contributed by atoms with E-state index in [9.17, 15) is 8.78 Å². The molecule has 2 aromatic carbocycles. The van der Waals surface area contributed by atoms with Gasteiger partial charge in [0.15, 0.2) is 0 Å². The number of benzene rings is 2. The van der Waals surface area contributed by atoms with Crippen molar-refractivity contribution in [2.24, 2.45) is 0 Å². The normalized spacial score (nSPS) is 10.9. The third-order valence-electron chi connectivity index (χ3n) is 2.82. The van der Waals surface area contributed by atoms with Crippen LogP contribution in [0.2, 0.25) is 5.02 Å². The SMILES string of the molecule is Fc1ccc(SCc2nc(-c3ccc(Cl)cc3)no2)c(F)c1. The van der Waals surface area contributed by atoms with Crippen LogP contribution < -0.4 is 0 Å². The standard InChI is InChI=1S/C15H9ClF2N2OS/c16-10-3-1-9(2-4-10)15-19-14(21-20-15)8-22-13-6-5-11(17)7-12(13)18/h1-7H,8H2. The fraction of sp³-hybridized carbons (Fsp3) is 0.0667. The Morgan fingerprint density at radius 2 is 1.86 bits per heavy atom. The summed E-state index contributed by atoms with van der Waals surface area (Å²) >= 11 is 6.98. The second-order valence-electron chi connectivity index (χ2n) is 4.38. The number of hydrogen-bond donors (Lipinski definition) is 0. The zero-order chi connectivity index (χ0) is 15.5. The van der Waals surface area contributed by atoms with Gasteiger partial charge in [-0.05, 0) is 36.4 Å². The number of thioether (sulfide) groups is 1. The van der Waals surface area contributed by atoms with Crippen molar-refractivity contribution in [1.82, 2.24) is 10.1 Å². The molecule has 0 N–H and O–H groups in total. The van der Waals surface area contributed by atoms with Crippen molar-refractivity contribution in [3.63, 3.8) is 0 Å². The number of nitrogens with zero attached hydrogens (tertiary/aromatic N) is 2. The topological polar surface area (TPSA) is 38.9 Å².